The molecule has 4 rings (SSSR count). The van der Waals surface area contributed by atoms with Crippen molar-refractivity contribution in [3.8, 4) is 0 Å². The number of anilines is 1. The summed E-state index contributed by atoms with van der Waals surface area (Å²) < 4.78 is 1.95. The van der Waals surface area contributed by atoms with Crippen LogP contribution in [0.3, 0.4) is 0 Å². The van der Waals surface area contributed by atoms with Crippen molar-refractivity contribution >= 4 is 17.5 Å². The number of aromatic nitrogens is 2. The lowest BCUT2D eigenvalue weighted by Crippen LogP contribution is -2.29. The smallest absolute Gasteiger partial charge is 0.291 e. The van der Waals surface area contributed by atoms with Gasteiger partial charge < -0.3 is 14.8 Å². The second-order valence-corrected chi connectivity index (χ2v) is 7.34. The van der Waals surface area contributed by atoms with Gasteiger partial charge in [0.1, 0.15) is 5.69 Å². The van der Waals surface area contributed by atoms with E-state index in [1.54, 1.807) is 0 Å². The quantitative estimate of drug-likeness (QED) is 0.903. The van der Waals surface area contributed by atoms with Crippen LogP contribution in [0.2, 0.25) is 0 Å². The van der Waals surface area contributed by atoms with E-state index in [4.69, 9.17) is 0 Å². The van der Waals surface area contributed by atoms with Crippen LogP contribution >= 0.6 is 0 Å². The van der Waals surface area contributed by atoms with Crippen molar-refractivity contribution in [3.63, 3.8) is 0 Å². The first-order valence-corrected chi connectivity index (χ1v) is 9.96. The second kappa shape index (κ2) is 7.55. The van der Waals surface area contributed by atoms with Crippen LogP contribution in [-0.4, -0.2) is 39.4 Å². The largest absolute Gasteiger partial charge is 0.337 e. The van der Waals surface area contributed by atoms with Crippen LogP contribution in [0.5, 0.6) is 0 Å². The average molecular weight is 366 g/mol. The molecule has 1 fully saturated rings. The molecule has 0 aliphatic carbocycles. The van der Waals surface area contributed by atoms with Crippen molar-refractivity contribution in [2.24, 2.45) is 0 Å². The summed E-state index contributed by atoms with van der Waals surface area (Å²) in [4.78, 5) is 32.2. The average Bonchev–Trinajstić information content (AvgIpc) is 3.36. The molecule has 0 radical (unpaired) electrons. The number of likely N-dealkylation sites (tertiary alicyclic amines) is 1. The van der Waals surface area contributed by atoms with Crippen molar-refractivity contribution in [3.05, 3.63) is 47.0 Å². The zero-order valence-corrected chi connectivity index (χ0v) is 15.8. The maximum absolute atomic E-state index is 12.9. The molecular formula is C21H26N4O2. The fraction of sp³-hybridized carbons (Fsp3) is 0.476. The van der Waals surface area contributed by atoms with E-state index in [1.807, 2.05) is 33.7 Å². The van der Waals surface area contributed by atoms with Gasteiger partial charge in [0.05, 0.1) is 5.69 Å². The fourth-order valence-electron chi connectivity index (χ4n) is 3.97. The molecule has 1 aromatic heterocycles. The molecule has 2 aliphatic rings. The molecule has 1 N–H and O–H groups in total. The third-order valence-electron chi connectivity index (χ3n) is 5.54. The summed E-state index contributed by atoms with van der Waals surface area (Å²) in [6.07, 6.45) is 5.90. The number of carbonyl (C=O) groups is 2. The number of fused-ring (bicyclic) bond motifs is 1. The highest BCUT2D eigenvalue weighted by atomic mass is 16.2. The lowest BCUT2D eigenvalue weighted by Gasteiger charge is -2.18. The van der Waals surface area contributed by atoms with Crippen LogP contribution in [0.25, 0.3) is 0 Å². The zero-order valence-electron chi connectivity index (χ0n) is 15.8. The lowest BCUT2D eigenvalue weighted by atomic mass is 10.1. The van der Waals surface area contributed by atoms with E-state index in [-0.39, 0.29) is 11.8 Å². The van der Waals surface area contributed by atoms with Crippen LogP contribution in [0, 0.1) is 0 Å². The van der Waals surface area contributed by atoms with Crippen molar-refractivity contribution in [2.75, 3.05) is 18.4 Å². The van der Waals surface area contributed by atoms with Gasteiger partial charge in [-0.1, -0.05) is 19.1 Å². The van der Waals surface area contributed by atoms with E-state index in [2.05, 4.69) is 17.2 Å². The van der Waals surface area contributed by atoms with Crippen LogP contribution in [0.15, 0.2) is 24.3 Å². The number of nitrogens with zero attached hydrogens (tertiary/aromatic N) is 3. The van der Waals surface area contributed by atoms with Crippen LogP contribution in [0.4, 0.5) is 5.69 Å². The van der Waals surface area contributed by atoms with Crippen molar-refractivity contribution in [1.82, 2.24) is 14.5 Å². The Morgan fingerprint density at radius 2 is 1.74 bits per heavy atom. The summed E-state index contributed by atoms with van der Waals surface area (Å²) in [6.45, 7) is 4.42. The number of hydrogen-bond acceptors (Lipinski definition) is 3. The Bertz CT molecular complexity index is 848. The molecule has 6 heteroatoms. The molecule has 0 unspecified atom stereocenters. The Kier molecular flexibility index (Phi) is 4.97. The van der Waals surface area contributed by atoms with Gasteiger partial charge in [0, 0.05) is 25.3 Å². The molecule has 6 nitrogen and oxygen atoms in total. The van der Waals surface area contributed by atoms with Gasteiger partial charge in [-0.15, -0.1) is 0 Å². The molecule has 0 spiro atoms. The number of nitrogens with one attached hydrogen (secondary N) is 1. The van der Waals surface area contributed by atoms with Crippen molar-refractivity contribution in [1.29, 1.82) is 0 Å². The van der Waals surface area contributed by atoms with Gasteiger partial charge in [-0.25, -0.2) is 4.98 Å². The summed E-state index contributed by atoms with van der Waals surface area (Å²) in [5.74, 6) is 0.0826. The highest BCUT2D eigenvalue weighted by molar-refractivity contribution is 6.03. The van der Waals surface area contributed by atoms with Crippen LogP contribution in [-0.2, 0) is 19.4 Å². The van der Waals surface area contributed by atoms with E-state index >= 15 is 0 Å². The minimum Gasteiger partial charge on any atom is -0.337 e. The number of amides is 2. The monoisotopic (exact) mass is 366 g/mol. The second-order valence-electron chi connectivity index (χ2n) is 7.34. The number of imidazole rings is 1. The molecule has 2 aliphatic heterocycles. The highest BCUT2D eigenvalue weighted by Crippen LogP contribution is 2.24. The van der Waals surface area contributed by atoms with E-state index in [0.29, 0.717) is 11.5 Å². The van der Waals surface area contributed by atoms with Crippen LogP contribution < -0.4 is 5.32 Å². The summed E-state index contributed by atoms with van der Waals surface area (Å²) in [5.41, 5.74) is 3.37. The number of benzene rings is 1. The van der Waals surface area contributed by atoms with Crippen molar-refractivity contribution < 1.29 is 9.59 Å². The molecule has 142 valence electrons. The molecule has 2 aromatic rings. The van der Waals surface area contributed by atoms with Gasteiger partial charge >= 0.3 is 0 Å². The molecular weight excluding hydrogens is 340 g/mol. The van der Waals surface area contributed by atoms with Gasteiger partial charge in [0.25, 0.3) is 11.8 Å². The number of rotatable bonds is 4. The highest BCUT2D eigenvalue weighted by Gasteiger charge is 2.30. The Hall–Kier alpha value is -2.63. The molecule has 2 amide bonds. The maximum atomic E-state index is 12.9. The standard InChI is InChI=1S/C21H26N4O2/c1-2-15-8-10-16(11-9-15)22-20(26)19-23-18(17-7-3-4-14-25(17)19)21(27)24-12-5-6-13-24/h8-11H,2-7,12-14H2,1H3,(H,22,26). The molecule has 0 saturated carbocycles. The van der Waals surface area contributed by atoms with Crippen molar-refractivity contribution in [2.45, 2.75) is 52.0 Å². The third kappa shape index (κ3) is 3.48. The van der Waals surface area contributed by atoms with E-state index in [0.717, 1.165) is 69.5 Å². The minimum atomic E-state index is -0.247. The van der Waals surface area contributed by atoms with E-state index in [1.165, 1.54) is 5.56 Å². The first kappa shape index (κ1) is 17.8. The number of carbonyl (C=O) groups excluding carboxylic acids is 2. The third-order valence-corrected chi connectivity index (χ3v) is 5.54. The molecule has 0 bridgehead atoms. The molecule has 1 saturated heterocycles. The zero-order chi connectivity index (χ0) is 18.8. The SMILES string of the molecule is CCc1ccc(NC(=O)c2nc(C(=O)N3CCCC3)c3n2CCCC3)cc1. The van der Waals surface area contributed by atoms with E-state index in [9.17, 15) is 9.59 Å². The normalized spacial score (nSPS) is 16.3. The fourth-order valence-corrected chi connectivity index (χ4v) is 3.97. The Balaban J connectivity index is 1.61. The van der Waals surface area contributed by atoms with Gasteiger partial charge in [-0.2, -0.15) is 0 Å². The Morgan fingerprint density at radius 1 is 1.04 bits per heavy atom. The Morgan fingerprint density at radius 3 is 2.44 bits per heavy atom. The molecule has 27 heavy (non-hydrogen) atoms. The first-order chi connectivity index (χ1) is 13.2. The summed E-state index contributed by atoms with van der Waals surface area (Å²) in [5, 5.41) is 2.93. The first-order valence-electron chi connectivity index (χ1n) is 9.96. The number of aryl methyl sites for hydroxylation is 1. The topological polar surface area (TPSA) is 67.2 Å². The summed E-state index contributed by atoms with van der Waals surface area (Å²) in [7, 11) is 0. The summed E-state index contributed by atoms with van der Waals surface area (Å²) >= 11 is 0. The van der Waals surface area contributed by atoms with E-state index < -0.39 is 0 Å². The molecule has 0 atom stereocenters. The number of hydrogen-bond donors (Lipinski definition) is 1. The maximum Gasteiger partial charge on any atom is 0.291 e. The van der Waals surface area contributed by atoms with Gasteiger partial charge in [-0.05, 0) is 56.2 Å². The minimum absolute atomic E-state index is 0.0236. The van der Waals surface area contributed by atoms with Gasteiger partial charge in [0.2, 0.25) is 0 Å². The predicted octanol–water partition coefficient (Wildman–Crippen LogP) is 3.27. The Labute approximate surface area is 159 Å². The molecule has 3 heterocycles. The molecule has 1 aromatic carbocycles. The van der Waals surface area contributed by atoms with Gasteiger partial charge in [-0.3, -0.25) is 9.59 Å². The summed E-state index contributed by atoms with van der Waals surface area (Å²) in [6, 6.07) is 7.85. The predicted molar refractivity (Wildman–Crippen MR) is 104 cm³/mol. The van der Waals surface area contributed by atoms with Crippen LogP contribution in [0.1, 0.15) is 65.0 Å². The van der Waals surface area contributed by atoms with Gasteiger partial charge in [0.15, 0.2) is 5.82 Å². The lowest BCUT2D eigenvalue weighted by molar-refractivity contribution is 0.0786.